The fraction of sp³-hybridized carbons (Fsp3) is 0.375. The molecule has 0 atom stereocenters. The number of aromatic nitrogens is 1. The van der Waals surface area contributed by atoms with Crippen LogP contribution in [0, 0.1) is 5.82 Å². The molecule has 0 unspecified atom stereocenters. The normalized spacial score (nSPS) is 15.9. The molecular weight excluding hydrogens is 172 g/mol. The Balaban J connectivity index is 2.36. The Morgan fingerprint density at radius 1 is 1.46 bits per heavy atom. The summed E-state index contributed by atoms with van der Waals surface area (Å²) in [7, 11) is -1.75. The van der Waals surface area contributed by atoms with Crippen LogP contribution in [0.15, 0.2) is 12.3 Å². The number of nitrogens with zero attached hydrogens (tertiary/aromatic N) is 1. The molecule has 0 spiro atoms. The molecule has 3 nitrogen and oxygen atoms in total. The van der Waals surface area contributed by atoms with Crippen LogP contribution in [0.4, 0.5) is 4.39 Å². The maximum absolute atomic E-state index is 12.9. The van der Waals surface area contributed by atoms with Crippen LogP contribution in [-0.2, 0) is 0 Å². The topological polar surface area (TPSA) is 53.4 Å². The van der Waals surface area contributed by atoms with Gasteiger partial charge in [0.1, 0.15) is 5.82 Å². The standard InChI is InChI=1S/C8H9BFNO2/c10-7-4-11-8(5-1-2-5)3-6(7)9(12)13/h3-5,12-13H,1-2H2. The van der Waals surface area contributed by atoms with Gasteiger partial charge in [-0.25, -0.2) is 4.39 Å². The molecule has 1 aliphatic carbocycles. The van der Waals surface area contributed by atoms with Gasteiger partial charge in [0, 0.05) is 17.1 Å². The van der Waals surface area contributed by atoms with Crippen molar-refractivity contribution >= 4 is 12.6 Å². The smallest absolute Gasteiger partial charge is 0.423 e. The highest BCUT2D eigenvalue weighted by Gasteiger charge is 2.27. The maximum atomic E-state index is 12.9. The van der Waals surface area contributed by atoms with Crippen molar-refractivity contribution in [3.63, 3.8) is 0 Å². The summed E-state index contributed by atoms with van der Waals surface area (Å²) in [4.78, 5) is 3.89. The van der Waals surface area contributed by atoms with Crippen molar-refractivity contribution in [3.05, 3.63) is 23.8 Å². The largest absolute Gasteiger partial charge is 0.491 e. The third-order valence-electron chi connectivity index (χ3n) is 2.18. The van der Waals surface area contributed by atoms with Gasteiger partial charge in [-0.3, -0.25) is 4.98 Å². The molecule has 1 aromatic rings. The molecule has 68 valence electrons. The number of hydrogen-bond donors (Lipinski definition) is 2. The van der Waals surface area contributed by atoms with Crippen molar-refractivity contribution < 1.29 is 14.4 Å². The van der Waals surface area contributed by atoms with E-state index in [1.807, 2.05) is 0 Å². The lowest BCUT2D eigenvalue weighted by Crippen LogP contribution is -2.33. The van der Waals surface area contributed by atoms with Crippen molar-refractivity contribution in [3.8, 4) is 0 Å². The van der Waals surface area contributed by atoms with Crippen molar-refractivity contribution in [2.24, 2.45) is 0 Å². The molecule has 0 aliphatic heterocycles. The first kappa shape index (κ1) is 8.65. The quantitative estimate of drug-likeness (QED) is 0.620. The van der Waals surface area contributed by atoms with Crippen LogP contribution in [0.5, 0.6) is 0 Å². The van der Waals surface area contributed by atoms with E-state index in [9.17, 15) is 4.39 Å². The number of halogens is 1. The highest BCUT2D eigenvalue weighted by atomic mass is 19.1. The van der Waals surface area contributed by atoms with Gasteiger partial charge in [-0.1, -0.05) is 0 Å². The summed E-state index contributed by atoms with van der Waals surface area (Å²) in [5.41, 5.74) is 0.668. The first-order chi connectivity index (χ1) is 6.18. The van der Waals surface area contributed by atoms with Crippen molar-refractivity contribution in [1.29, 1.82) is 0 Å². The van der Waals surface area contributed by atoms with Gasteiger partial charge in [0.15, 0.2) is 0 Å². The molecule has 1 aromatic heterocycles. The molecule has 2 rings (SSSR count). The molecule has 0 aromatic carbocycles. The van der Waals surface area contributed by atoms with Gasteiger partial charge in [0.05, 0.1) is 6.20 Å². The second-order valence-corrected chi connectivity index (χ2v) is 3.28. The van der Waals surface area contributed by atoms with Crippen molar-refractivity contribution in [2.45, 2.75) is 18.8 Å². The van der Waals surface area contributed by atoms with Crippen molar-refractivity contribution in [1.82, 2.24) is 4.98 Å². The van der Waals surface area contributed by atoms with E-state index in [1.165, 1.54) is 6.07 Å². The molecule has 2 N–H and O–H groups in total. The lowest BCUT2D eigenvalue weighted by atomic mass is 9.80. The summed E-state index contributed by atoms with van der Waals surface area (Å²) in [5.74, 6) is -0.280. The van der Waals surface area contributed by atoms with Crippen molar-refractivity contribution in [2.75, 3.05) is 0 Å². The summed E-state index contributed by atoms with van der Waals surface area (Å²) >= 11 is 0. The predicted molar refractivity (Wildman–Crippen MR) is 46.0 cm³/mol. The third kappa shape index (κ3) is 1.71. The Morgan fingerprint density at radius 2 is 2.15 bits per heavy atom. The van der Waals surface area contributed by atoms with E-state index in [2.05, 4.69) is 4.98 Å². The van der Waals surface area contributed by atoms with E-state index in [1.54, 1.807) is 0 Å². The van der Waals surface area contributed by atoms with Gasteiger partial charge < -0.3 is 10.0 Å². The van der Waals surface area contributed by atoms with Gasteiger partial charge in [0.2, 0.25) is 0 Å². The molecule has 5 heteroatoms. The molecule has 1 fully saturated rings. The average molecular weight is 181 g/mol. The Hall–Kier alpha value is -0.935. The maximum Gasteiger partial charge on any atom is 0.491 e. The number of hydrogen-bond acceptors (Lipinski definition) is 3. The van der Waals surface area contributed by atoms with Crippen LogP contribution in [0.2, 0.25) is 0 Å². The van der Waals surface area contributed by atoms with Crippen LogP contribution in [-0.4, -0.2) is 22.2 Å². The highest BCUT2D eigenvalue weighted by Crippen LogP contribution is 2.38. The lowest BCUT2D eigenvalue weighted by molar-refractivity contribution is 0.422. The highest BCUT2D eigenvalue weighted by molar-refractivity contribution is 6.58. The average Bonchev–Trinajstić information content (AvgIpc) is 2.87. The zero-order chi connectivity index (χ0) is 9.42. The molecule has 0 radical (unpaired) electrons. The minimum Gasteiger partial charge on any atom is -0.423 e. The molecule has 0 amide bonds. The second-order valence-electron chi connectivity index (χ2n) is 3.28. The SMILES string of the molecule is OB(O)c1cc(C2CC2)ncc1F. The van der Waals surface area contributed by atoms with Crippen LogP contribution < -0.4 is 5.46 Å². The lowest BCUT2D eigenvalue weighted by Gasteiger charge is -2.03. The molecule has 13 heavy (non-hydrogen) atoms. The van der Waals surface area contributed by atoms with Gasteiger partial charge in [0.25, 0.3) is 0 Å². The Kier molecular flexibility index (Phi) is 2.05. The molecule has 0 bridgehead atoms. The van der Waals surface area contributed by atoms with E-state index in [4.69, 9.17) is 10.0 Å². The third-order valence-corrected chi connectivity index (χ3v) is 2.18. The summed E-state index contributed by atoms with van der Waals surface area (Å²) in [5, 5.41) is 17.6. The van der Waals surface area contributed by atoms with E-state index >= 15 is 0 Å². The fourth-order valence-electron chi connectivity index (χ4n) is 1.27. The molecular formula is C8H9BFNO2. The fourth-order valence-corrected chi connectivity index (χ4v) is 1.27. The minimum atomic E-state index is -1.75. The van der Waals surface area contributed by atoms with E-state index < -0.39 is 12.9 Å². The Bertz CT molecular complexity index is 328. The summed E-state index contributed by atoms with van der Waals surface area (Å²) < 4.78 is 12.9. The Labute approximate surface area is 75.4 Å². The molecule has 1 aliphatic rings. The van der Waals surface area contributed by atoms with Gasteiger partial charge in [-0.2, -0.15) is 0 Å². The number of rotatable bonds is 2. The first-order valence-corrected chi connectivity index (χ1v) is 4.20. The van der Waals surface area contributed by atoms with Crippen LogP contribution >= 0.6 is 0 Å². The predicted octanol–water partition coefficient (Wildman–Crippen LogP) is -0.222. The molecule has 1 saturated carbocycles. The van der Waals surface area contributed by atoms with Crippen LogP contribution in [0.3, 0.4) is 0 Å². The molecule has 0 saturated heterocycles. The van der Waals surface area contributed by atoms with E-state index in [0.717, 1.165) is 24.7 Å². The summed E-state index contributed by atoms with van der Waals surface area (Å²) in [6.07, 6.45) is 3.15. The monoisotopic (exact) mass is 181 g/mol. The van der Waals surface area contributed by atoms with E-state index in [-0.39, 0.29) is 5.46 Å². The first-order valence-electron chi connectivity index (χ1n) is 4.20. The van der Waals surface area contributed by atoms with E-state index in [0.29, 0.717) is 5.92 Å². The van der Waals surface area contributed by atoms with Crippen LogP contribution in [0.25, 0.3) is 0 Å². The summed E-state index contributed by atoms with van der Waals surface area (Å²) in [6, 6.07) is 1.43. The molecule has 1 heterocycles. The zero-order valence-corrected chi connectivity index (χ0v) is 6.94. The summed E-state index contributed by atoms with van der Waals surface area (Å²) in [6.45, 7) is 0. The van der Waals surface area contributed by atoms with Crippen LogP contribution in [0.1, 0.15) is 24.5 Å². The number of pyridine rings is 1. The minimum absolute atomic E-state index is 0.0862. The zero-order valence-electron chi connectivity index (χ0n) is 6.94. The second kappa shape index (κ2) is 3.08. The Morgan fingerprint density at radius 3 is 2.69 bits per heavy atom. The van der Waals surface area contributed by atoms with Gasteiger partial charge >= 0.3 is 7.12 Å². The van der Waals surface area contributed by atoms with Gasteiger partial charge in [-0.15, -0.1) is 0 Å². The van der Waals surface area contributed by atoms with Gasteiger partial charge in [-0.05, 0) is 18.9 Å².